The highest BCUT2D eigenvalue weighted by atomic mass is 16.4. The number of nitrogens with one attached hydrogen (secondary N) is 2. The predicted octanol–water partition coefficient (Wildman–Crippen LogP) is 1.06. The van der Waals surface area contributed by atoms with E-state index in [2.05, 4.69) is 10.6 Å². The molecule has 7 nitrogen and oxygen atoms in total. The van der Waals surface area contributed by atoms with Gasteiger partial charge < -0.3 is 15.7 Å². The van der Waals surface area contributed by atoms with Crippen LogP contribution in [0.15, 0.2) is 30.3 Å². The fraction of sp³-hybridized carbons (Fsp3) is 0.474. The Kier molecular flexibility index (Phi) is 6.89. The second kappa shape index (κ2) is 9.12. The Morgan fingerprint density at radius 3 is 2.46 bits per heavy atom. The zero-order chi connectivity index (χ0) is 19.1. The average Bonchev–Trinajstić information content (AvgIpc) is 2.59. The molecule has 26 heavy (non-hydrogen) atoms. The maximum absolute atomic E-state index is 12.6. The first kappa shape index (κ1) is 19.6. The second-order valence-corrected chi connectivity index (χ2v) is 6.66. The number of carboxylic acid groups (broad SMARTS) is 1. The summed E-state index contributed by atoms with van der Waals surface area (Å²) in [4.78, 5) is 47.4. The van der Waals surface area contributed by atoms with Crippen molar-refractivity contribution in [2.45, 2.75) is 51.1 Å². The van der Waals surface area contributed by atoms with Crippen molar-refractivity contribution in [2.24, 2.45) is 5.92 Å². The predicted molar refractivity (Wildman–Crippen MR) is 94.3 cm³/mol. The lowest BCUT2D eigenvalue weighted by molar-refractivity contribution is -0.144. The van der Waals surface area contributed by atoms with Gasteiger partial charge in [-0.1, -0.05) is 30.3 Å². The Balaban J connectivity index is 2.10. The molecule has 0 bridgehead atoms. The zero-order valence-electron chi connectivity index (χ0n) is 14.7. The summed E-state index contributed by atoms with van der Waals surface area (Å²) in [5, 5.41) is 14.6. The minimum atomic E-state index is -1.17. The van der Waals surface area contributed by atoms with E-state index >= 15 is 0 Å². The lowest BCUT2D eigenvalue weighted by atomic mass is 9.83. The quantitative estimate of drug-likeness (QED) is 0.673. The third-order valence-electron chi connectivity index (χ3n) is 4.53. The SMILES string of the molecule is CC(=O)N[C@@H](Cc1ccccc1)C(=O)N[C@H](C(=O)O)[C@@H]1CCCC(=O)C1. The fourth-order valence-electron chi connectivity index (χ4n) is 3.28. The van der Waals surface area contributed by atoms with Gasteiger partial charge in [0.25, 0.3) is 0 Å². The van der Waals surface area contributed by atoms with Crippen molar-refractivity contribution < 1.29 is 24.3 Å². The van der Waals surface area contributed by atoms with Crippen molar-refractivity contribution in [2.75, 3.05) is 0 Å². The standard InChI is InChI=1S/C19H24N2O5/c1-12(22)20-16(10-13-6-3-2-4-7-13)18(24)21-17(19(25)26)14-8-5-9-15(23)11-14/h2-4,6-7,14,16-17H,5,8-11H2,1H3,(H,20,22)(H,21,24)(H,25,26)/t14-,16+,17+/m1/s1. The van der Waals surface area contributed by atoms with Gasteiger partial charge in [0.1, 0.15) is 17.9 Å². The number of carboxylic acids is 1. The highest BCUT2D eigenvalue weighted by Crippen LogP contribution is 2.24. The molecular weight excluding hydrogens is 336 g/mol. The van der Waals surface area contributed by atoms with Crippen molar-refractivity contribution in [3.8, 4) is 0 Å². The number of ketones is 1. The van der Waals surface area contributed by atoms with Gasteiger partial charge in [0.2, 0.25) is 11.8 Å². The number of benzene rings is 1. The number of hydrogen-bond donors (Lipinski definition) is 3. The number of aliphatic carboxylic acids is 1. The first-order chi connectivity index (χ1) is 12.4. The van der Waals surface area contributed by atoms with Crippen LogP contribution in [-0.2, 0) is 25.6 Å². The molecule has 2 amide bonds. The van der Waals surface area contributed by atoms with Gasteiger partial charge in [-0.3, -0.25) is 14.4 Å². The third kappa shape index (κ3) is 5.68. The van der Waals surface area contributed by atoms with E-state index in [9.17, 15) is 24.3 Å². The minimum absolute atomic E-state index is 0.0180. The number of amides is 2. The lowest BCUT2D eigenvalue weighted by Gasteiger charge is -2.29. The summed E-state index contributed by atoms with van der Waals surface area (Å²) < 4.78 is 0. The van der Waals surface area contributed by atoms with E-state index in [4.69, 9.17) is 0 Å². The number of Topliss-reactive ketones (excluding diaryl/α,β-unsaturated/α-hetero) is 1. The molecule has 7 heteroatoms. The molecule has 140 valence electrons. The van der Waals surface area contributed by atoms with Crippen molar-refractivity contribution in [1.82, 2.24) is 10.6 Å². The summed E-state index contributed by atoms with van der Waals surface area (Å²) in [6.07, 6.45) is 2.07. The Labute approximate surface area is 152 Å². The van der Waals surface area contributed by atoms with Crippen molar-refractivity contribution in [3.63, 3.8) is 0 Å². The summed E-state index contributed by atoms with van der Waals surface area (Å²) in [6, 6.07) is 7.14. The van der Waals surface area contributed by atoms with Crippen LogP contribution in [0.1, 0.15) is 38.2 Å². The van der Waals surface area contributed by atoms with Crippen molar-refractivity contribution >= 4 is 23.6 Å². The molecule has 0 aromatic heterocycles. The summed E-state index contributed by atoms with van der Waals surface area (Å²) in [6.45, 7) is 1.31. The Bertz CT molecular complexity index is 674. The molecule has 3 atom stereocenters. The van der Waals surface area contributed by atoms with Gasteiger partial charge in [-0.05, 0) is 24.3 Å². The van der Waals surface area contributed by atoms with Crippen LogP contribution in [0.2, 0.25) is 0 Å². The van der Waals surface area contributed by atoms with Gasteiger partial charge in [0.05, 0.1) is 0 Å². The van der Waals surface area contributed by atoms with Gasteiger partial charge in [0, 0.05) is 26.2 Å². The number of carbonyl (C=O) groups excluding carboxylic acids is 3. The molecule has 1 saturated carbocycles. The third-order valence-corrected chi connectivity index (χ3v) is 4.53. The van der Waals surface area contributed by atoms with E-state index in [0.29, 0.717) is 19.3 Å². The van der Waals surface area contributed by atoms with Crippen LogP contribution >= 0.6 is 0 Å². The van der Waals surface area contributed by atoms with Crippen molar-refractivity contribution in [1.29, 1.82) is 0 Å². The summed E-state index contributed by atoms with van der Waals surface area (Å²) in [7, 11) is 0. The number of rotatable bonds is 7. The molecule has 0 heterocycles. The van der Waals surface area contributed by atoms with Gasteiger partial charge in [0.15, 0.2) is 0 Å². The molecule has 0 aliphatic heterocycles. The smallest absolute Gasteiger partial charge is 0.326 e. The normalized spacial score (nSPS) is 19.3. The summed E-state index contributed by atoms with van der Waals surface area (Å²) in [5.74, 6) is -2.51. The van der Waals surface area contributed by atoms with E-state index in [1.54, 1.807) is 0 Å². The Hall–Kier alpha value is -2.70. The Morgan fingerprint density at radius 1 is 1.19 bits per heavy atom. The molecule has 1 aliphatic rings. The van der Waals surface area contributed by atoms with Crippen LogP contribution in [0.5, 0.6) is 0 Å². The largest absolute Gasteiger partial charge is 0.480 e. The molecule has 0 unspecified atom stereocenters. The van der Waals surface area contributed by atoms with Crippen LogP contribution < -0.4 is 10.6 Å². The van der Waals surface area contributed by atoms with Gasteiger partial charge in [-0.2, -0.15) is 0 Å². The van der Waals surface area contributed by atoms with E-state index < -0.39 is 29.9 Å². The molecule has 1 fully saturated rings. The molecule has 1 aromatic rings. The van der Waals surface area contributed by atoms with E-state index in [0.717, 1.165) is 5.56 Å². The second-order valence-electron chi connectivity index (χ2n) is 6.66. The molecular formula is C19H24N2O5. The molecule has 1 aliphatic carbocycles. The Morgan fingerprint density at radius 2 is 1.88 bits per heavy atom. The maximum Gasteiger partial charge on any atom is 0.326 e. The molecule has 0 saturated heterocycles. The summed E-state index contributed by atoms with van der Waals surface area (Å²) in [5.41, 5.74) is 0.848. The van der Waals surface area contributed by atoms with Gasteiger partial charge in [-0.15, -0.1) is 0 Å². The summed E-state index contributed by atoms with van der Waals surface area (Å²) >= 11 is 0. The lowest BCUT2D eigenvalue weighted by Crippen LogP contribution is -2.54. The van der Waals surface area contributed by atoms with Gasteiger partial charge >= 0.3 is 5.97 Å². The number of carbonyl (C=O) groups is 4. The van der Waals surface area contributed by atoms with E-state index in [-0.39, 0.29) is 24.5 Å². The minimum Gasteiger partial charge on any atom is -0.480 e. The zero-order valence-corrected chi connectivity index (χ0v) is 14.7. The molecule has 3 N–H and O–H groups in total. The van der Waals surface area contributed by atoms with Crippen LogP contribution in [0.25, 0.3) is 0 Å². The average molecular weight is 360 g/mol. The van der Waals surface area contributed by atoms with Gasteiger partial charge in [-0.25, -0.2) is 4.79 Å². The van der Waals surface area contributed by atoms with Crippen LogP contribution in [0.4, 0.5) is 0 Å². The molecule has 1 aromatic carbocycles. The molecule has 2 rings (SSSR count). The highest BCUT2D eigenvalue weighted by molar-refractivity contribution is 5.90. The van der Waals surface area contributed by atoms with Crippen LogP contribution in [0.3, 0.4) is 0 Å². The topological polar surface area (TPSA) is 113 Å². The monoisotopic (exact) mass is 360 g/mol. The van der Waals surface area contributed by atoms with Crippen molar-refractivity contribution in [3.05, 3.63) is 35.9 Å². The van der Waals surface area contributed by atoms with E-state index in [1.807, 2.05) is 30.3 Å². The van der Waals surface area contributed by atoms with E-state index in [1.165, 1.54) is 6.92 Å². The number of hydrogen-bond acceptors (Lipinski definition) is 4. The highest BCUT2D eigenvalue weighted by Gasteiger charge is 2.35. The molecule has 0 radical (unpaired) electrons. The first-order valence-corrected chi connectivity index (χ1v) is 8.72. The fourth-order valence-corrected chi connectivity index (χ4v) is 3.28. The first-order valence-electron chi connectivity index (χ1n) is 8.72. The maximum atomic E-state index is 12.6. The van der Waals surface area contributed by atoms with Crippen LogP contribution in [0, 0.1) is 5.92 Å². The molecule has 0 spiro atoms. The van der Waals surface area contributed by atoms with Crippen LogP contribution in [-0.4, -0.2) is 40.8 Å².